The topological polar surface area (TPSA) is 49.3 Å². The number of fused-ring (bicyclic) bond motifs is 1. The molecule has 0 bridgehead atoms. The lowest BCUT2D eigenvalue weighted by Gasteiger charge is -2.59. The maximum Gasteiger partial charge on any atom is 0.220 e. The molecule has 3 nitrogen and oxygen atoms in total. The summed E-state index contributed by atoms with van der Waals surface area (Å²) < 4.78 is 13.8. The second kappa shape index (κ2) is 6.84. The minimum atomic E-state index is -0.474. The van der Waals surface area contributed by atoms with Crippen LogP contribution in [0.15, 0.2) is 48.5 Å². The first-order valence-corrected chi connectivity index (χ1v) is 9.41. The molecule has 2 aliphatic carbocycles. The Bertz CT molecular complexity index is 804. The number of carbonyl (C=O) groups excluding carboxylic acids is 1. The summed E-state index contributed by atoms with van der Waals surface area (Å²) in [6, 6.07) is 14.8. The first kappa shape index (κ1) is 17.2. The molecular weight excluding hydrogens is 329 g/mol. The Morgan fingerprint density at radius 1 is 1.19 bits per heavy atom. The molecule has 0 saturated heterocycles. The van der Waals surface area contributed by atoms with Crippen molar-refractivity contribution in [2.24, 2.45) is 5.92 Å². The van der Waals surface area contributed by atoms with Gasteiger partial charge in [-0.1, -0.05) is 42.5 Å². The third-order valence-corrected chi connectivity index (χ3v) is 5.99. The normalized spacial score (nSPS) is 26.4. The number of amides is 1. The van der Waals surface area contributed by atoms with Gasteiger partial charge in [-0.25, -0.2) is 4.39 Å². The number of nitrogens with one attached hydrogen (secondary N) is 1. The van der Waals surface area contributed by atoms with Crippen molar-refractivity contribution in [2.75, 3.05) is 0 Å². The molecule has 2 aromatic rings. The summed E-state index contributed by atoms with van der Waals surface area (Å²) in [5.74, 6) is 0.135. The molecule has 3 atom stereocenters. The van der Waals surface area contributed by atoms with Crippen LogP contribution in [0.5, 0.6) is 0 Å². The number of aryl methyl sites for hydroxylation is 1. The van der Waals surface area contributed by atoms with Crippen LogP contribution >= 0.6 is 0 Å². The average Bonchev–Trinajstić information content (AvgIpc) is 2.62. The van der Waals surface area contributed by atoms with Crippen molar-refractivity contribution in [2.45, 2.75) is 50.2 Å². The van der Waals surface area contributed by atoms with E-state index in [4.69, 9.17) is 0 Å². The van der Waals surface area contributed by atoms with E-state index in [1.807, 2.05) is 30.3 Å². The van der Waals surface area contributed by atoms with Gasteiger partial charge >= 0.3 is 0 Å². The van der Waals surface area contributed by atoms with E-state index in [9.17, 15) is 14.3 Å². The lowest BCUT2D eigenvalue weighted by atomic mass is 9.53. The van der Waals surface area contributed by atoms with Crippen LogP contribution in [0.1, 0.15) is 37.7 Å². The highest BCUT2D eigenvalue weighted by atomic mass is 19.1. The van der Waals surface area contributed by atoms with Crippen molar-refractivity contribution in [1.29, 1.82) is 0 Å². The second-order valence-electron chi connectivity index (χ2n) is 7.66. The first-order valence-electron chi connectivity index (χ1n) is 9.41. The van der Waals surface area contributed by atoms with Crippen molar-refractivity contribution in [3.8, 4) is 11.1 Å². The second-order valence-corrected chi connectivity index (χ2v) is 7.66. The molecule has 2 N–H and O–H groups in total. The Kier molecular flexibility index (Phi) is 4.53. The number of hydrogen-bond acceptors (Lipinski definition) is 2. The predicted molar refractivity (Wildman–Crippen MR) is 99.0 cm³/mol. The van der Waals surface area contributed by atoms with Crippen LogP contribution in [0.2, 0.25) is 0 Å². The molecule has 1 amide bonds. The maximum atomic E-state index is 13.8. The fourth-order valence-corrected chi connectivity index (χ4v) is 4.27. The zero-order valence-corrected chi connectivity index (χ0v) is 14.7. The molecule has 0 heterocycles. The molecule has 26 heavy (non-hydrogen) atoms. The highest BCUT2D eigenvalue weighted by molar-refractivity contribution is 5.76. The quantitative estimate of drug-likeness (QED) is 0.829. The largest absolute Gasteiger partial charge is 0.389 e. The fourth-order valence-electron chi connectivity index (χ4n) is 4.27. The van der Waals surface area contributed by atoms with Gasteiger partial charge in [0.2, 0.25) is 5.91 Å². The summed E-state index contributed by atoms with van der Waals surface area (Å²) in [6.07, 6.45) is 4.72. The van der Waals surface area contributed by atoms with E-state index in [-0.39, 0.29) is 23.7 Å². The average molecular weight is 353 g/mol. The van der Waals surface area contributed by atoms with Gasteiger partial charge in [0.25, 0.3) is 0 Å². The number of hydrogen-bond donors (Lipinski definition) is 2. The molecule has 2 saturated carbocycles. The fraction of sp³-hybridized carbons (Fsp3) is 0.409. The van der Waals surface area contributed by atoms with Gasteiger partial charge in [-0.05, 0) is 49.3 Å². The van der Waals surface area contributed by atoms with E-state index in [0.29, 0.717) is 18.4 Å². The minimum Gasteiger partial charge on any atom is -0.389 e. The van der Waals surface area contributed by atoms with Gasteiger partial charge < -0.3 is 10.4 Å². The molecule has 136 valence electrons. The van der Waals surface area contributed by atoms with E-state index in [1.165, 1.54) is 6.07 Å². The van der Waals surface area contributed by atoms with Crippen LogP contribution in [0.4, 0.5) is 4.39 Å². The standard InChI is InChI=1S/C22H24FNO2/c23-19-6-2-1-5-17(19)16-10-8-15(9-11-16)4-3-7-21(25)24-20-14-22(26)13-12-18(20)22/h1-2,5-6,8-11,18,20,26H,3-4,7,12-14H2,(H,24,25). The van der Waals surface area contributed by atoms with Crippen LogP contribution in [-0.4, -0.2) is 22.7 Å². The van der Waals surface area contributed by atoms with E-state index < -0.39 is 5.60 Å². The molecule has 0 spiro atoms. The Morgan fingerprint density at radius 3 is 2.58 bits per heavy atom. The van der Waals surface area contributed by atoms with Crippen molar-refractivity contribution in [3.63, 3.8) is 0 Å². The third-order valence-electron chi connectivity index (χ3n) is 5.99. The Morgan fingerprint density at radius 2 is 1.96 bits per heavy atom. The van der Waals surface area contributed by atoms with Crippen LogP contribution in [0, 0.1) is 11.7 Å². The van der Waals surface area contributed by atoms with Gasteiger partial charge in [0.15, 0.2) is 0 Å². The van der Waals surface area contributed by atoms with Crippen molar-refractivity contribution < 1.29 is 14.3 Å². The van der Waals surface area contributed by atoms with Crippen LogP contribution < -0.4 is 5.32 Å². The predicted octanol–water partition coefficient (Wildman–Crippen LogP) is 3.85. The summed E-state index contributed by atoms with van der Waals surface area (Å²) in [5.41, 5.74) is 2.14. The first-order chi connectivity index (χ1) is 12.5. The van der Waals surface area contributed by atoms with E-state index in [2.05, 4.69) is 5.32 Å². The van der Waals surface area contributed by atoms with Gasteiger partial charge in [-0.3, -0.25) is 4.79 Å². The van der Waals surface area contributed by atoms with Crippen molar-refractivity contribution in [3.05, 3.63) is 59.9 Å². The summed E-state index contributed by atoms with van der Waals surface area (Å²) in [7, 11) is 0. The smallest absolute Gasteiger partial charge is 0.220 e. The molecule has 0 radical (unpaired) electrons. The Balaban J connectivity index is 1.24. The van der Waals surface area contributed by atoms with Gasteiger partial charge in [-0.15, -0.1) is 0 Å². The lowest BCUT2D eigenvalue weighted by Crippen LogP contribution is -2.69. The van der Waals surface area contributed by atoms with Gasteiger partial charge in [0, 0.05) is 23.9 Å². The monoisotopic (exact) mass is 353 g/mol. The lowest BCUT2D eigenvalue weighted by molar-refractivity contribution is -0.188. The van der Waals surface area contributed by atoms with E-state index >= 15 is 0 Å². The van der Waals surface area contributed by atoms with Crippen LogP contribution in [0.3, 0.4) is 0 Å². The maximum absolute atomic E-state index is 13.8. The van der Waals surface area contributed by atoms with Gasteiger partial charge in [0.1, 0.15) is 5.82 Å². The SMILES string of the molecule is O=C(CCCc1ccc(-c2ccccc2F)cc1)NC1CC2(O)CCC12. The summed E-state index contributed by atoms with van der Waals surface area (Å²) in [6.45, 7) is 0. The molecule has 2 aliphatic rings. The van der Waals surface area contributed by atoms with Gasteiger partial charge in [-0.2, -0.15) is 0 Å². The minimum absolute atomic E-state index is 0.0759. The Labute approximate surface area is 153 Å². The molecule has 4 heteroatoms. The zero-order valence-electron chi connectivity index (χ0n) is 14.7. The number of halogens is 1. The van der Waals surface area contributed by atoms with Crippen LogP contribution in [0.25, 0.3) is 11.1 Å². The summed E-state index contributed by atoms with van der Waals surface area (Å²) in [4.78, 5) is 12.1. The third kappa shape index (κ3) is 3.26. The summed E-state index contributed by atoms with van der Waals surface area (Å²) >= 11 is 0. The summed E-state index contributed by atoms with van der Waals surface area (Å²) in [5, 5.41) is 13.1. The zero-order chi connectivity index (χ0) is 18.1. The number of rotatable bonds is 6. The van der Waals surface area contributed by atoms with Crippen molar-refractivity contribution >= 4 is 5.91 Å². The Hall–Kier alpha value is -2.20. The number of benzene rings is 2. The van der Waals surface area contributed by atoms with E-state index in [1.54, 1.807) is 12.1 Å². The highest BCUT2D eigenvalue weighted by Crippen LogP contribution is 2.53. The van der Waals surface area contributed by atoms with Gasteiger partial charge in [0.05, 0.1) is 5.60 Å². The molecule has 4 rings (SSSR count). The van der Waals surface area contributed by atoms with Crippen LogP contribution in [-0.2, 0) is 11.2 Å². The highest BCUT2D eigenvalue weighted by Gasteiger charge is 2.59. The molecule has 0 aromatic heterocycles. The molecule has 0 aliphatic heterocycles. The van der Waals surface area contributed by atoms with Crippen molar-refractivity contribution in [1.82, 2.24) is 5.32 Å². The molecule has 2 fully saturated rings. The molecular formula is C22H24FNO2. The number of carbonyl (C=O) groups is 1. The molecule has 3 unspecified atom stereocenters. The van der Waals surface area contributed by atoms with E-state index in [0.717, 1.165) is 36.8 Å². The molecule has 2 aromatic carbocycles. The number of aliphatic hydroxyl groups is 1.